The summed E-state index contributed by atoms with van der Waals surface area (Å²) >= 11 is 0. The normalized spacial score (nSPS) is 19.5. The highest BCUT2D eigenvalue weighted by Crippen LogP contribution is 1.99. The Morgan fingerprint density at radius 3 is 2.67 bits per heavy atom. The standard InChI is InChI=1S/C10H15NO/c1-3-9(2)11(12)10-7-5-4-6-8-10/h5-8,10-11H,2-4H2,1H3. The van der Waals surface area contributed by atoms with Gasteiger partial charge < -0.3 is 10.3 Å². The quantitative estimate of drug-likeness (QED) is 0.493. The smallest absolute Gasteiger partial charge is 0.129 e. The minimum atomic E-state index is -0.0498. The number of quaternary nitrogens is 1. The molecular formula is C10H15NO. The Labute approximate surface area is 73.5 Å². The third kappa shape index (κ3) is 2.06. The molecule has 1 aliphatic carbocycles. The Balaban J connectivity index is 2.56. The highest BCUT2D eigenvalue weighted by molar-refractivity contribution is 5.10. The first-order chi connectivity index (χ1) is 5.75. The van der Waals surface area contributed by atoms with Gasteiger partial charge in [-0.3, -0.25) is 0 Å². The highest BCUT2D eigenvalue weighted by Gasteiger charge is 2.11. The fourth-order valence-corrected chi connectivity index (χ4v) is 1.18. The summed E-state index contributed by atoms with van der Waals surface area (Å²) in [5.74, 6) is 0. The molecule has 12 heavy (non-hydrogen) atoms. The maximum absolute atomic E-state index is 11.5. The van der Waals surface area contributed by atoms with Crippen LogP contribution in [0.5, 0.6) is 0 Å². The third-order valence-corrected chi connectivity index (χ3v) is 2.04. The van der Waals surface area contributed by atoms with E-state index in [1.54, 1.807) is 0 Å². The van der Waals surface area contributed by atoms with Gasteiger partial charge in [0.05, 0.1) is 0 Å². The molecular weight excluding hydrogens is 150 g/mol. The van der Waals surface area contributed by atoms with Crippen LogP contribution in [0.2, 0.25) is 0 Å². The lowest BCUT2D eigenvalue weighted by Crippen LogP contribution is -3.08. The van der Waals surface area contributed by atoms with Crippen molar-refractivity contribution in [2.45, 2.75) is 25.8 Å². The van der Waals surface area contributed by atoms with Gasteiger partial charge in [0.15, 0.2) is 0 Å². The van der Waals surface area contributed by atoms with Gasteiger partial charge in [-0.1, -0.05) is 19.1 Å². The summed E-state index contributed by atoms with van der Waals surface area (Å²) in [4.78, 5) is 0. The van der Waals surface area contributed by atoms with E-state index < -0.39 is 0 Å². The molecule has 0 heterocycles. The number of allylic oxidation sites excluding steroid dienone is 3. The van der Waals surface area contributed by atoms with Gasteiger partial charge in [-0.05, 0) is 25.2 Å². The molecule has 1 rings (SSSR count). The molecule has 0 fully saturated rings. The molecule has 1 N–H and O–H groups in total. The first kappa shape index (κ1) is 9.23. The number of rotatable bonds is 3. The fourth-order valence-electron chi connectivity index (χ4n) is 1.18. The lowest BCUT2D eigenvalue weighted by molar-refractivity contribution is -0.820. The Morgan fingerprint density at radius 2 is 2.17 bits per heavy atom. The lowest BCUT2D eigenvalue weighted by atomic mass is 10.1. The summed E-state index contributed by atoms with van der Waals surface area (Å²) in [7, 11) is 0. The zero-order chi connectivity index (χ0) is 8.97. The van der Waals surface area contributed by atoms with Crippen molar-refractivity contribution >= 4 is 0 Å². The van der Waals surface area contributed by atoms with Crippen molar-refractivity contribution < 1.29 is 5.06 Å². The van der Waals surface area contributed by atoms with Crippen molar-refractivity contribution in [3.05, 3.63) is 41.8 Å². The maximum Gasteiger partial charge on any atom is 0.129 e. The Hall–Kier alpha value is -0.860. The minimum absolute atomic E-state index is 0.0498. The van der Waals surface area contributed by atoms with Gasteiger partial charge in [0, 0.05) is 6.42 Å². The molecule has 1 unspecified atom stereocenters. The van der Waals surface area contributed by atoms with Crippen molar-refractivity contribution in [1.82, 2.24) is 0 Å². The zero-order valence-corrected chi connectivity index (χ0v) is 7.42. The monoisotopic (exact) mass is 165 g/mol. The van der Waals surface area contributed by atoms with Crippen LogP contribution in [0.15, 0.2) is 36.6 Å². The predicted molar refractivity (Wildman–Crippen MR) is 50.4 cm³/mol. The van der Waals surface area contributed by atoms with E-state index in [4.69, 9.17) is 0 Å². The van der Waals surface area contributed by atoms with Crippen molar-refractivity contribution in [3.8, 4) is 0 Å². The lowest BCUT2D eigenvalue weighted by Gasteiger charge is -2.29. The molecule has 0 aromatic carbocycles. The molecule has 0 saturated carbocycles. The molecule has 0 aromatic rings. The Kier molecular flexibility index (Phi) is 3.26. The van der Waals surface area contributed by atoms with E-state index in [1.165, 1.54) is 0 Å². The molecule has 0 aliphatic heterocycles. The topological polar surface area (TPSA) is 27.5 Å². The molecule has 2 heteroatoms. The summed E-state index contributed by atoms with van der Waals surface area (Å²) in [5, 5.41) is 11.7. The molecule has 0 amide bonds. The van der Waals surface area contributed by atoms with Gasteiger partial charge in [-0.25, -0.2) is 0 Å². The van der Waals surface area contributed by atoms with Gasteiger partial charge in [-0.2, -0.15) is 0 Å². The molecule has 66 valence electrons. The van der Waals surface area contributed by atoms with E-state index >= 15 is 0 Å². The van der Waals surface area contributed by atoms with E-state index in [0.29, 0.717) is 0 Å². The summed E-state index contributed by atoms with van der Waals surface area (Å²) in [6, 6.07) is -0.0498. The van der Waals surface area contributed by atoms with Crippen LogP contribution in [0.1, 0.15) is 19.8 Å². The van der Waals surface area contributed by atoms with Crippen LogP contribution in [0.4, 0.5) is 0 Å². The highest BCUT2D eigenvalue weighted by atomic mass is 16.5. The van der Waals surface area contributed by atoms with E-state index in [9.17, 15) is 5.21 Å². The number of hydrogen-bond donors (Lipinski definition) is 1. The number of hydroxylamine groups is 2. The van der Waals surface area contributed by atoms with Crippen LogP contribution < -0.4 is 5.06 Å². The van der Waals surface area contributed by atoms with Crippen LogP contribution in [0.3, 0.4) is 0 Å². The van der Waals surface area contributed by atoms with Gasteiger partial charge in [-0.15, -0.1) is 0 Å². The van der Waals surface area contributed by atoms with Gasteiger partial charge in [0.25, 0.3) is 0 Å². The summed E-state index contributed by atoms with van der Waals surface area (Å²) < 4.78 is 0. The van der Waals surface area contributed by atoms with Crippen molar-refractivity contribution in [1.29, 1.82) is 0 Å². The average Bonchev–Trinajstić information content (AvgIpc) is 2.17. The fraction of sp³-hybridized carbons (Fsp3) is 0.400. The SMILES string of the molecule is C=C(CC)[NH+]([O-])C1C=CCC=C1. The summed E-state index contributed by atoms with van der Waals surface area (Å²) in [6.07, 6.45) is 9.63. The predicted octanol–water partition coefficient (Wildman–Crippen LogP) is 1.18. The molecule has 1 atom stereocenters. The van der Waals surface area contributed by atoms with Crippen LogP contribution in [0.25, 0.3) is 0 Å². The summed E-state index contributed by atoms with van der Waals surface area (Å²) in [6.45, 7) is 5.69. The van der Waals surface area contributed by atoms with E-state index in [-0.39, 0.29) is 11.1 Å². The van der Waals surface area contributed by atoms with Gasteiger partial charge in [0.1, 0.15) is 11.7 Å². The van der Waals surface area contributed by atoms with Crippen LogP contribution in [0, 0.1) is 5.21 Å². The number of nitrogens with one attached hydrogen (secondary N) is 1. The zero-order valence-electron chi connectivity index (χ0n) is 7.42. The largest absolute Gasteiger partial charge is 0.628 e. The van der Waals surface area contributed by atoms with Gasteiger partial charge in [0.2, 0.25) is 0 Å². The second kappa shape index (κ2) is 4.24. The Bertz CT molecular complexity index is 206. The molecule has 0 saturated heterocycles. The molecule has 0 radical (unpaired) electrons. The summed E-state index contributed by atoms with van der Waals surface area (Å²) in [5.41, 5.74) is 0.719. The van der Waals surface area contributed by atoms with Gasteiger partial charge >= 0.3 is 0 Å². The number of hydrogen-bond acceptors (Lipinski definition) is 1. The van der Waals surface area contributed by atoms with E-state index in [1.807, 2.05) is 31.2 Å². The van der Waals surface area contributed by atoms with Crippen molar-refractivity contribution in [3.63, 3.8) is 0 Å². The van der Waals surface area contributed by atoms with Crippen LogP contribution >= 0.6 is 0 Å². The maximum atomic E-state index is 11.5. The third-order valence-electron chi connectivity index (χ3n) is 2.04. The first-order valence-electron chi connectivity index (χ1n) is 4.31. The van der Waals surface area contributed by atoms with Crippen molar-refractivity contribution in [2.75, 3.05) is 0 Å². The minimum Gasteiger partial charge on any atom is -0.628 e. The van der Waals surface area contributed by atoms with Crippen LogP contribution in [-0.2, 0) is 0 Å². The Morgan fingerprint density at radius 1 is 1.58 bits per heavy atom. The second-order valence-corrected chi connectivity index (χ2v) is 2.94. The van der Waals surface area contributed by atoms with E-state index in [0.717, 1.165) is 18.5 Å². The molecule has 0 bridgehead atoms. The van der Waals surface area contributed by atoms with Crippen molar-refractivity contribution in [2.24, 2.45) is 0 Å². The second-order valence-electron chi connectivity index (χ2n) is 2.94. The average molecular weight is 165 g/mol. The molecule has 0 spiro atoms. The van der Waals surface area contributed by atoms with Crippen LogP contribution in [-0.4, -0.2) is 6.04 Å². The molecule has 1 aliphatic rings. The van der Waals surface area contributed by atoms with E-state index in [2.05, 4.69) is 6.58 Å². The molecule has 0 aromatic heterocycles. The first-order valence-corrected chi connectivity index (χ1v) is 4.31. The molecule has 2 nitrogen and oxygen atoms in total.